The molecule has 0 bridgehead atoms. The van der Waals surface area contributed by atoms with Crippen LogP contribution in [0.1, 0.15) is 43.8 Å². The number of piperazine rings is 1. The molecule has 29 heavy (non-hydrogen) atoms. The molecule has 1 aliphatic rings. The number of likely N-dealkylation sites (N-methyl/N-ethyl adjacent to an activating group) is 1. The molecule has 1 aromatic heterocycles. The van der Waals surface area contributed by atoms with Gasteiger partial charge in [0.25, 0.3) is 0 Å². The van der Waals surface area contributed by atoms with Crippen molar-refractivity contribution in [2.75, 3.05) is 38.1 Å². The Balaban J connectivity index is 1.58. The van der Waals surface area contributed by atoms with Crippen LogP contribution in [-0.2, 0) is 11.3 Å². The van der Waals surface area contributed by atoms with Gasteiger partial charge in [-0.2, -0.15) is 0 Å². The van der Waals surface area contributed by atoms with Gasteiger partial charge in [-0.25, -0.2) is 9.97 Å². The monoisotopic (exact) mass is 395 g/mol. The van der Waals surface area contributed by atoms with Gasteiger partial charge >= 0.3 is 0 Å². The number of benzene rings is 1. The average molecular weight is 396 g/mol. The van der Waals surface area contributed by atoms with Gasteiger partial charge in [0.2, 0.25) is 5.91 Å². The van der Waals surface area contributed by atoms with Crippen molar-refractivity contribution >= 4 is 11.7 Å². The van der Waals surface area contributed by atoms with Crippen molar-refractivity contribution in [2.45, 2.75) is 46.2 Å². The Hall–Kier alpha value is -2.47. The smallest absolute Gasteiger partial charge is 0.239 e. The van der Waals surface area contributed by atoms with Crippen molar-refractivity contribution in [1.29, 1.82) is 0 Å². The Kier molecular flexibility index (Phi) is 6.85. The van der Waals surface area contributed by atoms with Gasteiger partial charge in [0.05, 0.1) is 6.04 Å². The summed E-state index contributed by atoms with van der Waals surface area (Å²) >= 11 is 0. The number of amides is 1. The maximum absolute atomic E-state index is 12.9. The van der Waals surface area contributed by atoms with Crippen LogP contribution >= 0.6 is 0 Å². The molecule has 1 amide bonds. The topological polar surface area (TPSA) is 52.6 Å². The minimum Gasteiger partial charge on any atom is -0.354 e. The molecule has 3 rings (SSSR count). The van der Waals surface area contributed by atoms with E-state index in [1.807, 2.05) is 44.0 Å². The van der Waals surface area contributed by atoms with Gasteiger partial charge in [-0.1, -0.05) is 44.2 Å². The van der Waals surface area contributed by atoms with Crippen LogP contribution in [0.25, 0.3) is 0 Å². The molecule has 1 aromatic carbocycles. The minimum atomic E-state index is -0.121. The molecule has 0 saturated carbocycles. The summed E-state index contributed by atoms with van der Waals surface area (Å²) in [5.74, 6) is 2.38. The van der Waals surface area contributed by atoms with Crippen LogP contribution in [0.3, 0.4) is 0 Å². The van der Waals surface area contributed by atoms with Gasteiger partial charge in [0, 0.05) is 57.4 Å². The maximum Gasteiger partial charge on any atom is 0.239 e. The van der Waals surface area contributed by atoms with E-state index in [0.29, 0.717) is 12.5 Å². The summed E-state index contributed by atoms with van der Waals surface area (Å²) in [5, 5.41) is 0. The highest BCUT2D eigenvalue weighted by molar-refractivity contribution is 5.81. The number of aryl methyl sites for hydroxylation is 1. The molecular formula is C23H33N5O. The number of aromatic nitrogens is 2. The summed E-state index contributed by atoms with van der Waals surface area (Å²) in [7, 11) is 1.89. The second-order valence-corrected chi connectivity index (χ2v) is 8.26. The fourth-order valence-electron chi connectivity index (χ4n) is 3.74. The Morgan fingerprint density at radius 2 is 1.72 bits per heavy atom. The van der Waals surface area contributed by atoms with E-state index in [9.17, 15) is 4.79 Å². The summed E-state index contributed by atoms with van der Waals surface area (Å²) in [6.07, 6.45) is 0. The molecule has 1 unspecified atom stereocenters. The standard InChI is InChI=1S/C23H33N5O/c1-17(2)22-24-18(3)15-21(25-22)28-13-11-27(12-14-28)19(4)23(29)26(5)16-20-9-7-6-8-10-20/h6-10,15,17,19H,11-14,16H2,1-5H3. The van der Waals surface area contributed by atoms with Crippen LogP contribution in [0.5, 0.6) is 0 Å². The zero-order valence-corrected chi connectivity index (χ0v) is 18.3. The molecule has 6 nitrogen and oxygen atoms in total. The van der Waals surface area contributed by atoms with Crippen LogP contribution in [0.4, 0.5) is 5.82 Å². The van der Waals surface area contributed by atoms with E-state index in [1.54, 1.807) is 0 Å². The highest BCUT2D eigenvalue weighted by Crippen LogP contribution is 2.19. The summed E-state index contributed by atoms with van der Waals surface area (Å²) in [4.78, 5) is 28.6. The lowest BCUT2D eigenvalue weighted by Gasteiger charge is -2.39. The highest BCUT2D eigenvalue weighted by atomic mass is 16.2. The second-order valence-electron chi connectivity index (χ2n) is 8.26. The van der Waals surface area contributed by atoms with Crippen molar-refractivity contribution < 1.29 is 4.79 Å². The van der Waals surface area contributed by atoms with Crippen LogP contribution < -0.4 is 4.90 Å². The molecule has 0 radical (unpaired) electrons. The first kappa shape index (κ1) is 21.2. The first-order chi connectivity index (χ1) is 13.8. The van der Waals surface area contributed by atoms with E-state index >= 15 is 0 Å². The molecule has 156 valence electrons. The van der Waals surface area contributed by atoms with Gasteiger partial charge in [0.15, 0.2) is 0 Å². The molecule has 1 fully saturated rings. The van der Waals surface area contributed by atoms with Crippen molar-refractivity contribution in [3.63, 3.8) is 0 Å². The van der Waals surface area contributed by atoms with Gasteiger partial charge < -0.3 is 9.80 Å². The molecule has 0 aliphatic carbocycles. The molecule has 0 N–H and O–H groups in total. The normalized spacial score (nSPS) is 16.1. The third-order valence-corrected chi connectivity index (χ3v) is 5.56. The molecule has 6 heteroatoms. The van der Waals surface area contributed by atoms with Crippen molar-refractivity contribution in [3.8, 4) is 0 Å². The summed E-state index contributed by atoms with van der Waals surface area (Å²) in [6.45, 7) is 12.4. The highest BCUT2D eigenvalue weighted by Gasteiger charge is 2.28. The van der Waals surface area contributed by atoms with Crippen LogP contribution in [0, 0.1) is 6.92 Å². The molecule has 1 aliphatic heterocycles. The predicted molar refractivity (Wildman–Crippen MR) is 117 cm³/mol. The zero-order valence-electron chi connectivity index (χ0n) is 18.3. The zero-order chi connectivity index (χ0) is 21.0. The lowest BCUT2D eigenvalue weighted by molar-refractivity contribution is -0.135. The van der Waals surface area contributed by atoms with Gasteiger partial charge in [-0.3, -0.25) is 9.69 Å². The number of nitrogens with zero attached hydrogens (tertiary/aromatic N) is 5. The van der Waals surface area contributed by atoms with Gasteiger partial charge in [-0.05, 0) is 19.4 Å². The van der Waals surface area contributed by atoms with Gasteiger partial charge in [-0.15, -0.1) is 0 Å². The van der Waals surface area contributed by atoms with E-state index in [4.69, 9.17) is 4.98 Å². The summed E-state index contributed by atoms with van der Waals surface area (Å²) < 4.78 is 0. The first-order valence-electron chi connectivity index (χ1n) is 10.5. The largest absolute Gasteiger partial charge is 0.354 e. The molecule has 2 aromatic rings. The van der Waals surface area contributed by atoms with Crippen LogP contribution in [-0.4, -0.2) is 64.9 Å². The number of rotatable bonds is 6. The number of carbonyl (C=O) groups is 1. The second kappa shape index (κ2) is 9.35. The fourth-order valence-corrected chi connectivity index (χ4v) is 3.74. The van der Waals surface area contributed by atoms with Crippen molar-refractivity contribution in [1.82, 2.24) is 19.8 Å². The lowest BCUT2D eigenvalue weighted by Crippen LogP contribution is -2.54. The number of hydrogen-bond acceptors (Lipinski definition) is 5. The third kappa shape index (κ3) is 5.32. The SMILES string of the molecule is Cc1cc(N2CCN(C(C)C(=O)N(C)Cc3ccccc3)CC2)nc(C(C)C)n1. The van der Waals surface area contributed by atoms with E-state index in [1.165, 1.54) is 0 Å². The number of carbonyl (C=O) groups excluding carboxylic acids is 1. The van der Waals surface area contributed by atoms with E-state index in [0.717, 1.165) is 49.1 Å². The Labute approximate surface area is 174 Å². The molecule has 0 spiro atoms. The first-order valence-corrected chi connectivity index (χ1v) is 10.5. The number of anilines is 1. The molecule has 1 atom stereocenters. The molecular weight excluding hydrogens is 362 g/mol. The van der Waals surface area contributed by atoms with Crippen LogP contribution in [0.2, 0.25) is 0 Å². The minimum absolute atomic E-state index is 0.121. The van der Waals surface area contributed by atoms with Crippen LogP contribution in [0.15, 0.2) is 36.4 Å². The maximum atomic E-state index is 12.9. The molecule has 2 heterocycles. The van der Waals surface area contributed by atoms with Crippen molar-refractivity contribution in [2.24, 2.45) is 0 Å². The lowest BCUT2D eigenvalue weighted by atomic mass is 10.1. The van der Waals surface area contributed by atoms with E-state index in [2.05, 4.69) is 46.8 Å². The molecule has 1 saturated heterocycles. The third-order valence-electron chi connectivity index (χ3n) is 5.56. The average Bonchev–Trinajstić information content (AvgIpc) is 2.73. The Bertz CT molecular complexity index is 815. The Morgan fingerprint density at radius 3 is 2.34 bits per heavy atom. The quantitative estimate of drug-likeness (QED) is 0.752. The fraction of sp³-hybridized carbons (Fsp3) is 0.522. The van der Waals surface area contributed by atoms with Gasteiger partial charge in [0.1, 0.15) is 11.6 Å². The summed E-state index contributed by atoms with van der Waals surface area (Å²) in [6, 6.07) is 12.1. The number of hydrogen-bond donors (Lipinski definition) is 0. The predicted octanol–water partition coefficient (Wildman–Crippen LogP) is 3.08. The Morgan fingerprint density at radius 1 is 1.07 bits per heavy atom. The van der Waals surface area contributed by atoms with E-state index in [-0.39, 0.29) is 11.9 Å². The summed E-state index contributed by atoms with van der Waals surface area (Å²) in [5.41, 5.74) is 2.16. The van der Waals surface area contributed by atoms with E-state index < -0.39 is 0 Å². The van der Waals surface area contributed by atoms with Crippen molar-refractivity contribution in [3.05, 3.63) is 53.5 Å².